The molecule has 0 aliphatic heterocycles. The molecule has 0 amide bonds. The number of unbranched alkanes of at least 4 members (excludes halogenated alkanes) is 29. The second-order valence-corrected chi connectivity index (χ2v) is 17.8. The molecular formula is C56H100O6. The number of rotatable bonds is 48. The SMILES string of the molecule is CC/C=C\C/C=C\C/C=C\C/C=C\CCCCC(=O)OC[C@@H](COC(=O)CCCCCCCCCCCCCCCC)OC(=O)CCCCCCCCCCCCCCCCC. The van der Waals surface area contributed by atoms with Crippen LogP contribution in [0.2, 0.25) is 0 Å². The van der Waals surface area contributed by atoms with Crippen molar-refractivity contribution in [2.75, 3.05) is 13.2 Å². The zero-order valence-corrected chi connectivity index (χ0v) is 41.1. The smallest absolute Gasteiger partial charge is 0.306 e. The predicted molar refractivity (Wildman–Crippen MR) is 265 cm³/mol. The van der Waals surface area contributed by atoms with Crippen molar-refractivity contribution in [2.45, 2.75) is 277 Å². The first-order valence-electron chi connectivity index (χ1n) is 26.6. The van der Waals surface area contributed by atoms with Crippen molar-refractivity contribution >= 4 is 17.9 Å². The average Bonchev–Trinajstić information content (AvgIpc) is 3.27. The quantitative estimate of drug-likeness (QED) is 0.0262. The molecule has 360 valence electrons. The molecule has 0 bridgehead atoms. The summed E-state index contributed by atoms with van der Waals surface area (Å²) in [6.45, 7) is 6.51. The standard InChI is InChI=1S/C56H100O6/c1-4-7-10-13-16-19-22-25-28-31-34-37-40-43-46-49-55(58)61-52-53(51-60-54(57)48-45-42-39-36-33-30-27-24-21-18-15-12-9-6-3)62-56(59)50-47-44-41-38-35-32-29-26-23-20-17-14-11-8-5-2/h7,10,16,19,25,28,34,37,53H,4-6,8-9,11-15,17-18,20-24,26-27,29-33,35-36,38-52H2,1-3H3/b10-7-,19-16-,28-25-,37-34-/t53-/m1/s1. The fourth-order valence-electron chi connectivity index (χ4n) is 7.61. The van der Waals surface area contributed by atoms with E-state index < -0.39 is 6.10 Å². The fraction of sp³-hybridized carbons (Fsp3) is 0.804. The summed E-state index contributed by atoms with van der Waals surface area (Å²) in [6.07, 6.45) is 60.9. The van der Waals surface area contributed by atoms with Gasteiger partial charge in [0.1, 0.15) is 13.2 Å². The molecule has 0 rings (SSSR count). The van der Waals surface area contributed by atoms with Crippen LogP contribution in [0.1, 0.15) is 271 Å². The Morgan fingerprint density at radius 1 is 0.339 bits per heavy atom. The topological polar surface area (TPSA) is 78.9 Å². The maximum absolute atomic E-state index is 12.8. The summed E-state index contributed by atoms with van der Waals surface area (Å²) in [5, 5.41) is 0. The summed E-state index contributed by atoms with van der Waals surface area (Å²) in [5.41, 5.74) is 0. The summed E-state index contributed by atoms with van der Waals surface area (Å²) < 4.78 is 16.8. The second kappa shape index (κ2) is 51.0. The molecule has 6 nitrogen and oxygen atoms in total. The number of carbonyl (C=O) groups is 3. The summed E-state index contributed by atoms with van der Waals surface area (Å²) >= 11 is 0. The van der Waals surface area contributed by atoms with Gasteiger partial charge in [0.15, 0.2) is 6.10 Å². The Morgan fingerprint density at radius 2 is 0.629 bits per heavy atom. The van der Waals surface area contributed by atoms with E-state index in [4.69, 9.17) is 14.2 Å². The highest BCUT2D eigenvalue weighted by atomic mass is 16.6. The van der Waals surface area contributed by atoms with E-state index in [0.717, 1.165) is 83.5 Å². The minimum absolute atomic E-state index is 0.0822. The van der Waals surface area contributed by atoms with E-state index in [9.17, 15) is 14.4 Å². The summed E-state index contributed by atoms with van der Waals surface area (Å²) in [7, 11) is 0. The lowest BCUT2D eigenvalue weighted by Crippen LogP contribution is -2.30. The molecule has 0 N–H and O–H groups in total. The molecule has 6 heteroatoms. The van der Waals surface area contributed by atoms with E-state index in [0.29, 0.717) is 19.3 Å². The van der Waals surface area contributed by atoms with E-state index in [1.54, 1.807) is 0 Å². The minimum Gasteiger partial charge on any atom is -0.462 e. The maximum atomic E-state index is 12.8. The van der Waals surface area contributed by atoms with Gasteiger partial charge in [0.2, 0.25) is 0 Å². The Bertz CT molecular complexity index is 1090. The third-order valence-corrected chi connectivity index (χ3v) is 11.6. The zero-order valence-electron chi connectivity index (χ0n) is 41.1. The predicted octanol–water partition coefficient (Wildman–Crippen LogP) is 17.5. The van der Waals surface area contributed by atoms with Gasteiger partial charge in [0.25, 0.3) is 0 Å². The second-order valence-electron chi connectivity index (χ2n) is 17.8. The first kappa shape index (κ1) is 59.4. The molecule has 0 saturated heterocycles. The summed E-state index contributed by atoms with van der Waals surface area (Å²) in [6, 6.07) is 0. The summed E-state index contributed by atoms with van der Waals surface area (Å²) in [4.78, 5) is 38.0. The van der Waals surface area contributed by atoms with Gasteiger partial charge in [-0.1, -0.05) is 243 Å². The Labute approximate surface area is 384 Å². The van der Waals surface area contributed by atoms with Gasteiger partial charge in [-0.05, 0) is 57.8 Å². The number of esters is 3. The van der Waals surface area contributed by atoms with E-state index >= 15 is 0 Å². The lowest BCUT2D eigenvalue weighted by atomic mass is 10.0. The van der Waals surface area contributed by atoms with Crippen LogP contribution in [0.4, 0.5) is 0 Å². The highest BCUT2D eigenvalue weighted by Crippen LogP contribution is 2.16. The van der Waals surface area contributed by atoms with Crippen molar-refractivity contribution in [1.82, 2.24) is 0 Å². The fourth-order valence-corrected chi connectivity index (χ4v) is 7.61. The van der Waals surface area contributed by atoms with Crippen LogP contribution in [0.5, 0.6) is 0 Å². The van der Waals surface area contributed by atoms with Crippen LogP contribution in [-0.4, -0.2) is 37.2 Å². The number of ether oxygens (including phenoxy) is 3. The van der Waals surface area contributed by atoms with Crippen molar-refractivity contribution in [2.24, 2.45) is 0 Å². The zero-order chi connectivity index (χ0) is 45.1. The van der Waals surface area contributed by atoms with Gasteiger partial charge >= 0.3 is 17.9 Å². The van der Waals surface area contributed by atoms with Crippen molar-refractivity contribution < 1.29 is 28.6 Å². The van der Waals surface area contributed by atoms with Crippen LogP contribution in [0.15, 0.2) is 48.6 Å². The van der Waals surface area contributed by atoms with E-state index in [-0.39, 0.29) is 31.1 Å². The number of hydrogen-bond acceptors (Lipinski definition) is 6. The molecule has 0 radical (unpaired) electrons. The van der Waals surface area contributed by atoms with Crippen LogP contribution in [0.25, 0.3) is 0 Å². The van der Waals surface area contributed by atoms with Crippen LogP contribution in [0, 0.1) is 0 Å². The highest BCUT2D eigenvalue weighted by molar-refractivity contribution is 5.71. The van der Waals surface area contributed by atoms with E-state index in [1.807, 2.05) is 0 Å². The van der Waals surface area contributed by atoms with Gasteiger partial charge in [-0.3, -0.25) is 14.4 Å². The molecule has 0 heterocycles. The van der Waals surface area contributed by atoms with Gasteiger partial charge in [0, 0.05) is 19.3 Å². The molecule has 0 aromatic carbocycles. The van der Waals surface area contributed by atoms with E-state index in [2.05, 4.69) is 69.4 Å². The Hall–Kier alpha value is -2.63. The molecule has 0 aliphatic carbocycles. The van der Waals surface area contributed by atoms with Gasteiger partial charge in [0.05, 0.1) is 0 Å². The molecule has 0 aliphatic rings. The first-order valence-corrected chi connectivity index (χ1v) is 26.6. The largest absolute Gasteiger partial charge is 0.462 e. The van der Waals surface area contributed by atoms with Crippen LogP contribution < -0.4 is 0 Å². The van der Waals surface area contributed by atoms with E-state index in [1.165, 1.54) is 148 Å². The van der Waals surface area contributed by atoms with Crippen molar-refractivity contribution in [3.05, 3.63) is 48.6 Å². The lowest BCUT2D eigenvalue weighted by molar-refractivity contribution is -0.167. The molecule has 0 unspecified atom stereocenters. The maximum Gasteiger partial charge on any atom is 0.306 e. The van der Waals surface area contributed by atoms with Gasteiger partial charge in [-0.25, -0.2) is 0 Å². The monoisotopic (exact) mass is 869 g/mol. The molecule has 62 heavy (non-hydrogen) atoms. The third-order valence-electron chi connectivity index (χ3n) is 11.6. The minimum atomic E-state index is -0.785. The normalized spacial score (nSPS) is 12.4. The van der Waals surface area contributed by atoms with Crippen molar-refractivity contribution in [3.63, 3.8) is 0 Å². The lowest BCUT2D eigenvalue weighted by Gasteiger charge is -2.18. The molecular weight excluding hydrogens is 769 g/mol. The van der Waals surface area contributed by atoms with Crippen LogP contribution >= 0.6 is 0 Å². The van der Waals surface area contributed by atoms with Crippen LogP contribution in [-0.2, 0) is 28.6 Å². The number of carbonyl (C=O) groups excluding carboxylic acids is 3. The summed E-state index contributed by atoms with van der Waals surface area (Å²) in [5.74, 6) is -0.913. The average molecular weight is 869 g/mol. The van der Waals surface area contributed by atoms with Gasteiger partial charge < -0.3 is 14.2 Å². The highest BCUT2D eigenvalue weighted by Gasteiger charge is 2.19. The van der Waals surface area contributed by atoms with Crippen molar-refractivity contribution in [1.29, 1.82) is 0 Å². The molecule has 0 aromatic heterocycles. The Kier molecular flexibility index (Phi) is 48.8. The molecule has 0 spiro atoms. The van der Waals surface area contributed by atoms with Gasteiger partial charge in [-0.2, -0.15) is 0 Å². The Balaban J connectivity index is 4.41. The molecule has 0 fully saturated rings. The molecule has 0 saturated carbocycles. The first-order chi connectivity index (χ1) is 30.5. The number of allylic oxidation sites excluding steroid dienone is 8. The van der Waals surface area contributed by atoms with Gasteiger partial charge in [-0.15, -0.1) is 0 Å². The Morgan fingerprint density at radius 3 is 0.984 bits per heavy atom. The van der Waals surface area contributed by atoms with Crippen molar-refractivity contribution in [3.8, 4) is 0 Å². The number of hydrogen-bond donors (Lipinski definition) is 0. The molecule has 0 aromatic rings. The van der Waals surface area contributed by atoms with Crippen LogP contribution in [0.3, 0.4) is 0 Å². The third kappa shape index (κ3) is 48.4. The molecule has 1 atom stereocenters.